The molecule has 3 N–H and O–H groups in total. The Balaban J connectivity index is 1.54. The first-order chi connectivity index (χ1) is 13.5. The molecule has 3 rings (SSSR count). The van der Waals surface area contributed by atoms with E-state index in [-0.39, 0.29) is 5.56 Å². The predicted molar refractivity (Wildman–Crippen MR) is 102 cm³/mol. The maximum absolute atomic E-state index is 12.2. The van der Waals surface area contributed by atoms with Crippen LogP contribution in [0.2, 0.25) is 5.02 Å². The second-order valence-electron chi connectivity index (χ2n) is 5.67. The minimum absolute atomic E-state index is 0.145. The number of carbonyl (C=O) groups is 3. The van der Waals surface area contributed by atoms with Gasteiger partial charge in [-0.15, -0.1) is 0 Å². The second kappa shape index (κ2) is 8.45. The van der Waals surface area contributed by atoms with Crippen molar-refractivity contribution in [1.29, 1.82) is 0 Å². The number of para-hydroxylation sites is 1. The van der Waals surface area contributed by atoms with Crippen molar-refractivity contribution >= 4 is 40.3 Å². The van der Waals surface area contributed by atoms with Gasteiger partial charge < -0.3 is 14.5 Å². The molecule has 0 spiro atoms. The molecule has 8 nitrogen and oxygen atoms in total. The molecule has 0 bridgehead atoms. The lowest BCUT2D eigenvalue weighted by Gasteiger charge is -2.11. The van der Waals surface area contributed by atoms with Crippen LogP contribution in [0.1, 0.15) is 20.7 Å². The highest BCUT2D eigenvalue weighted by Crippen LogP contribution is 2.22. The molecule has 2 amide bonds. The zero-order valence-corrected chi connectivity index (χ0v) is 15.5. The Bertz CT molecular complexity index is 1050. The van der Waals surface area contributed by atoms with E-state index in [1.807, 2.05) is 12.1 Å². The number of halogens is 1. The fourth-order valence-electron chi connectivity index (χ4n) is 2.54. The summed E-state index contributed by atoms with van der Waals surface area (Å²) in [6, 6.07) is 11.7. The number of hydrogen-bond donors (Lipinski definition) is 3. The topological polar surface area (TPSA) is 110 Å². The van der Waals surface area contributed by atoms with Crippen LogP contribution in [0.15, 0.2) is 48.7 Å². The monoisotopic (exact) mass is 401 g/mol. The molecule has 28 heavy (non-hydrogen) atoms. The summed E-state index contributed by atoms with van der Waals surface area (Å²) in [5.74, 6) is -1.70. The highest BCUT2D eigenvalue weighted by Gasteiger charge is 2.16. The summed E-state index contributed by atoms with van der Waals surface area (Å²) in [5, 5.41) is 1.03. The Labute approximate surface area is 164 Å². The summed E-state index contributed by atoms with van der Waals surface area (Å²) in [5.41, 5.74) is 5.62. The highest BCUT2D eigenvalue weighted by atomic mass is 35.5. The molecular weight excluding hydrogens is 386 g/mol. The van der Waals surface area contributed by atoms with Crippen molar-refractivity contribution in [3.63, 3.8) is 0 Å². The molecule has 0 unspecified atom stereocenters. The summed E-state index contributed by atoms with van der Waals surface area (Å²) in [6.07, 6.45) is 1.51. The van der Waals surface area contributed by atoms with E-state index in [1.165, 1.54) is 25.4 Å². The first-order valence-corrected chi connectivity index (χ1v) is 8.53. The normalized spacial score (nSPS) is 10.4. The number of hydrogen-bond acceptors (Lipinski definition) is 5. The smallest absolute Gasteiger partial charge is 0.340 e. The van der Waals surface area contributed by atoms with Gasteiger partial charge in [0.1, 0.15) is 5.75 Å². The van der Waals surface area contributed by atoms with E-state index in [0.29, 0.717) is 21.7 Å². The van der Waals surface area contributed by atoms with Crippen molar-refractivity contribution in [3.8, 4) is 5.75 Å². The number of H-pyrrole nitrogens is 1. The standard InChI is InChI=1S/C19H16ClN3O5/c1-27-16-7-6-11(20)8-13(16)18(25)23-22-17(24)10-28-19(26)14-9-21-15-5-3-2-4-12(14)15/h2-9,21H,10H2,1H3,(H,22,24)(H,23,25). The zero-order valence-electron chi connectivity index (χ0n) is 14.7. The third-order valence-corrected chi connectivity index (χ3v) is 4.10. The average molecular weight is 402 g/mol. The molecule has 1 heterocycles. The summed E-state index contributed by atoms with van der Waals surface area (Å²) in [6.45, 7) is -0.564. The van der Waals surface area contributed by atoms with E-state index in [9.17, 15) is 14.4 Å². The Kier molecular flexibility index (Phi) is 5.81. The molecule has 1 aromatic heterocycles. The van der Waals surface area contributed by atoms with Gasteiger partial charge in [0.25, 0.3) is 11.8 Å². The second-order valence-corrected chi connectivity index (χ2v) is 6.11. The maximum atomic E-state index is 12.2. The molecule has 3 aromatic rings. The predicted octanol–water partition coefficient (Wildman–Crippen LogP) is 2.45. The van der Waals surface area contributed by atoms with E-state index >= 15 is 0 Å². The summed E-state index contributed by atoms with van der Waals surface area (Å²) >= 11 is 5.87. The largest absolute Gasteiger partial charge is 0.496 e. The Morgan fingerprint density at radius 3 is 2.64 bits per heavy atom. The van der Waals surface area contributed by atoms with Crippen LogP contribution in [0.4, 0.5) is 0 Å². The lowest BCUT2D eigenvalue weighted by atomic mass is 10.2. The van der Waals surface area contributed by atoms with Crippen molar-refractivity contribution < 1.29 is 23.9 Å². The molecular formula is C19H16ClN3O5. The maximum Gasteiger partial charge on any atom is 0.340 e. The van der Waals surface area contributed by atoms with Crippen LogP contribution in [-0.2, 0) is 9.53 Å². The van der Waals surface area contributed by atoms with Gasteiger partial charge in [-0.2, -0.15) is 0 Å². The molecule has 0 atom stereocenters. The Morgan fingerprint density at radius 1 is 1.07 bits per heavy atom. The van der Waals surface area contributed by atoms with Gasteiger partial charge in [-0.25, -0.2) is 4.79 Å². The number of rotatable bonds is 5. The molecule has 0 aliphatic heterocycles. The van der Waals surface area contributed by atoms with E-state index < -0.39 is 24.4 Å². The van der Waals surface area contributed by atoms with Gasteiger partial charge in [0, 0.05) is 22.1 Å². The first-order valence-electron chi connectivity index (χ1n) is 8.15. The SMILES string of the molecule is COc1ccc(Cl)cc1C(=O)NNC(=O)COC(=O)c1c[nH]c2ccccc12. The number of nitrogens with one attached hydrogen (secondary N) is 3. The number of methoxy groups -OCH3 is 1. The van der Waals surface area contributed by atoms with Crippen molar-refractivity contribution in [2.45, 2.75) is 0 Å². The van der Waals surface area contributed by atoms with Gasteiger partial charge in [-0.3, -0.25) is 20.4 Å². The molecule has 2 aromatic carbocycles. The van der Waals surface area contributed by atoms with E-state index in [0.717, 1.165) is 5.52 Å². The summed E-state index contributed by atoms with van der Waals surface area (Å²) in [7, 11) is 1.41. The molecule has 0 aliphatic rings. The van der Waals surface area contributed by atoms with E-state index in [2.05, 4.69) is 15.8 Å². The molecule has 0 aliphatic carbocycles. The van der Waals surface area contributed by atoms with Gasteiger partial charge in [-0.1, -0.05) is 29.8 Å². The highest BCUT2D eigenvalue weighted by molar-refractivity contribution is 6.31. The van der Waals surface area contributed by atoms with E-state index in [1.54, 1.807) is 18.2 Å². The first kappa shape index (κ1) is 19.2. The third kappa shape index (κ3) is 4.24. The number of benzene rings is 2. The minimum Gasteiger partial charge on any atom is -0.496 e. The third-order valence-electron chi connectivity index (χ3n) is 3.87. The van der Waals surface area contributed by atoms with Crippen LogP contribution in [0.5, 0.6) is 5.75 Å². The van der Waals surface area contributed by atoms with Crippen LogP contribution < -0.4 is 15.6 Å². The molecule has 0 radical (unpaired) electrons. The van der Waals surface area contributed by atoms with Gasteiger partial charge in [0.05, 0.1) is 18.2 Å². The molecule has 0 saturated carbocycles. The van der Waals surface area contributed by atoms with Gasteiger partial charge in [-0.05, 0) is 24.3 Å². The Hall–Kier alpha value is -3.52. The number of aromatic amines is 1. The number of aromatic nitrogens is 1. The van der Waals surface area contributed by atoms with Crippen LogP contribution in [0.3, 0.4) is 0 Å². The lowest BCUT2D eigenvalue weighted by Crippen LogP contribution is -2.43. The molecule has 144 valence electrons. The van der Waals surface area contributed by atoms with Crippen molar-refractivity contribution in [2.24, 2.45) is 0 Å². The average Bonchev–Trinajstić information content (AvgIpc) is 3.14. The van der Waals surface area contributed by atoms with Gasteiger partial charge in [0.15, 0.2) is 6.61 Å². The van der Waals surface area contributed by atoms with Crippen molar-refractivity contribution in [2.75, 3.05) is 13.7 Å². The van der Waals surface area contributed by atoms with Crippen LogP contribution in [-0.4, -0.2) is 36.5 Å². The van der Waals surface area contributed by atoms with Gasteiger partial charge in [0.2, 0.25) is 0 Å². The van der Waals surface area contributed by atoms with Crippen molar-refractivity contribution in [3.05, 3.63) is 64.8 Å². The van der Waals surface area contributed by atoms with Crippen LogP contribution >= 0.6 is 11.6 Å². The van der Waals surface area contributed by atoms with Gasteiger partial charge >= 0.3 is 5.97 Å². The zero-order chi connectivity index (χ0) is 20.1. The number of fused-ring (bicyclic) bond motifs is 1. The molecule has 0 saturated heterocycles. The number of esters is 1. The quantitative estimate of drug-likeness (QED) is 0.449. The number of amides is 2. The van der Waals surface area contributed by atoms with Crippen molar-refractivity contribution in [1.82, 2.24) is 15.8 Å². The number of hydrazine groups is 1. The van der Waals surface area contributed by atoms with Crippen LogP contribution in [0.25, 0.3) is 10.9 Å². The number of carbonyl (C=O) groups excluding carboxylic acids is 3. The lowest BCUT2D eigenvalue weighted by molar-refractivity contribution is -0.125. The fraction of sp³-hybridized carbons (Fsp3) is 0.105. The number of ether oxygens (including phenoxy) is 2. The Morgan fingerprint density at radius 2 is 1.86 bits per heavy atom. The molecule has 9 heteroatoms. The minimum atomic E-state index is -0.706. The molecule has 0 fully saturated rings. The van der Waals surface area contributed by atoms with Crippen LogP contribution in [0, 0.1) is 0 Å². The summed E-state index contributed by atoms with van der Waals surface area (Å²) < 4.78 is 10.1. The fourth-order valence-corrected chi connectivity index (χ4v) is 2.71. The van der Waals surface area contributed by atoms with E-state index in [4.69, 9.17) is 21.1 Å². The summed E-state index contributed by atoms with van der Waals surface area (Å²) in [4.78, 5) is 39.2.